The highest BCUT2D eigenvalue weighted by Crippen LogP contribution is 2.33. The van der Waals surface area contributed by atoms with Gasteiger partial charge < -0.3 is 14.2 Å². The number of rotatable bonds is 8. The lowest BCUT2D eigenvalue weighted by Gasteiger charge is -2.27. The minimum atomic E-state index is -0.199. The maximum Gasteiger partial charge on any atom is 0.410 e. The summed E-state index contributed by atoms with van der Waals surface area (Å²) in [5.41, 5.74) is 3.98. The third kappa shape index (κ3) is 4.68. The topological polar surface area (TPSA) is 34.5 Å². The van der Waals surface area contributed by atoms with Gasteiger partial charge in [-0.25, -0.2) is 4.79 Å². The van der Waals surface area contributed by atoms with Crippen LogP contribution < -0.4 is 0 Å². The predicted octanol–water partition coefficient (Wildman–Crippen LogP) is 6.28. The second-order valence-corrected chi connectivity index (χ2v) is 8.29. The number of fused-ring (bicyclic) bond motifs is 3. The van der Waals surface area contributed by atoms with Crippen molar-refractivity contribution in [2.24, 2.45) is 0 Å². The molecule has 1 amide bonds. The number of amides is 1. The third-order valence-electron chi connectivity index (χ3n) is 5.48. The van der Waals surface area contributed by atoms with E-state index in [1.807, 2.05) is 11.8 Å². The number of ether oxygens (including phenoxy) is 1. The molecule has 5 heteroatoms. The Morgan fingerprint density at radius 3 is 2.70 bits per heavy atom. The van der Waals surface area contributed by atoms with Crippen molar-refractivity contribution in [3.05, 3.63) is 33.9 Å². The summed E-state index contributed by atoms with van der Waals surface area (Å²) >= 11 is 3.61. The van der Waals surface area contributed by atoms with Gasteiger partial charge in [-0.05, 0) is 31.5 Å². The van der Waals surface area contributed by atoms with Crippen LogP contribution >= 0.6 is 15.9 Å². The molecule has 148 valence electrons. The molecule has 0 saturated carbocycles. The first kappa shape index (κ1) is 20.2. The molecule has 0 saturated heterocycles. The molecule has 0 unspecified atom stereocenters. The first-order valence-electron chi connectivity index (χ1n) is 10.4. The zero-order chi connectivity index (χ0) is 19.2. The van der Waals surface area contributed by atoms with Gasteiger partial charge in [-0.1, -0.05) is 55.0 Å². The van der Waals surface area contributed by atoms with Gasteiger partial charge in [0.25, 0.3) is 0 Å². The number of benzene rings is 1. The Hall–Kier alpha value is -1.49. The van der Waals surface area contributed by atoms with Crippen molar-refractivity contribution < 1.29 is 9.53 Å². The minimum absolute atomic E-state index is 0.199. The summed E-state index contributed by atoms with van der Waals surface area (Å²) < 4.78 is 8.81. The van der Waals surface area contributed by atoms with Crippen LogP contribution in [0.15, 0.2) is 22.7 Å². The molecule has 2 aromatic rings. The average Bonchev–Trinajstić information content (AvgIpc) is 2.97. The number of carbonyl (C=O) groups is 1. The Morgan fingerprint density at radius 1 is 1.15 bits per heavy atom. The molecule has 0 aliphatic carbocycles. The molecule has 0 radical (unpaired) electrons. The molecule has 0 atom stereocenters. The first-order valence-corrected chi connectivity index (χ1v) is 11.2. The average molecular weight is 435 g/mol. The van der Waals surface area contributed by atoms with Crippen molar-refractivity contribution in [3.63, 3.8) is 0 Å². The molecule has 4 nitrogen and oxygen atoms in total. The minimum Gasteiger partial charge on any atom is -0.450 e. The smallest absolute Gasteiger partial charge is 0.410 e. The van der Waals surface area contributed by atoms with Crippen molar-refractivity contribution in [2.45, 2.75) is 71.9 Å². The maximum absolute atomic E-state index is 12.2. The van der Waals surface area contributed by atoms with E-state index < -0.39 is 0 Å². The quantitative estimate of drug-likeness (QED) is 0.458. The van der Waals surface area contributed by atoms with Gasteiger partial charge in [0.15, 0.2) is 0 Å². The fourth-order valence-corrected chi connectivity index (χ4v) is 4.46. The van der Waals surface area contributed by atoms with E-state index >= 15 is 0 Å². The van der Waals surface area contributed by atoms with E-state index in [0.29, 0.717) is 13.2 Å². The van der Waals surface area contributed by atoms with Gasteiger partial charge in [-0.15, -0.1) is 0 Å². The monoisotopic (exact) mass is 434 g/mol. The van der Waals surface area contributed by atoms with E-state index in [1.165, 1.54) is 60.7 Å². The highest BCUT2D eigenvalue weighted by Gasteiger charge is 2.27. The van der Waals surface area contributed by atoms with Crippen molar-refractivity contribution in [1.82, 2.24) is 9.47 Å². The molecule has 1 aromatic heterocycles. The first-order chi connectivity index (χ1) is 13.2. The molecule has 0 N–H and O–H groups in total. The Labute approximate surface area is 171 Å². The van der Waals surface area contributed by atoms with Gasteiger partial charge in [0, 0.05) is 46.1 Å². The maximum atomic E-state index is 12.2. The molecule has 0 bridgehead atoms. The normalized spacial score (nSPS) is 13.8. The zero-order valence-electron chi connectivity index (χ0n) is 16.6. The Morgan fingerprint density at radius 2 is 1.93 bits per heavy atom. The van der Waals surface area contributed by atoms with Gasteiger partial charge in [-0.2, -0.15) is 0 Å². The van der Waals surface area contributed by atoms with Crippen LogP contribution in [-0.2, 0) is 24.2 Å². The van der Waals surface area contributed by atoms with Crippen LogP contribution in [0.4, 0.5) is 4.79 Å². The molecule has 1 aromatic carbocycles. The van der Waals surface area contributed by atoms with Crippen LogP contribution in [0.1, 0.15) is 63.6 Å². The van der Waals surface area contributed by atoms with E-state index in [1.54, 1.807) is 0 Å². The lowest BCUT2D eigenvalue weighted by molar-refractivity contribution is 0.102. The molecule has 27 heavy (non-hydrogen) atoms. The number of unbranched alkanes of at least 4 members (excludes halogenated alkanes) is 5. The number of halogens is 1. The number of hydrogen-bond acceptors (Lipinski definition) is 2. The number of aryl methyl sites for hydroxylation is 1. The lowest BCUT2D eigenvalue weighted by Crippen LogP contribution is -2.36. The Balaban J connectivity index is 1.80. The van der Waals surface area contributed by atoms with Crippen molar-refractivity contribution in [3.8, 4) is 0 Å². The van der Waals surface area contributed by atoms with E-state index in [2.05, 4.69) is 45.6 Å². The summed E-state index contributed by atoms with van der Waals surface area (Å²) in [6.45, 7) is 6.99. The summed E-state index contributed by atoms with van der Waals surface area (Å²) in [6, 6.07) is 6.53. The summed E-state index contributed by atoms with van der Waals surface area (Å²) in [5.74, 6) is 0. The van der Waals surface area contributed by atoms with Crippen molar-refractivity contribution in [1.29, 1.82) is 0 Å². The molecule has 2 heterocycles. The van der Waals surface area contributed by atoms with Crippen LogP contribution in [0, 0.1) is 0 Å². The Bertz CT molecular complexity index is 784. The fraction of sp³-hybridized carbons (Fsp3) is 0.591. The van der Waals surface area contributed by atoms with E-state index in [4.69, 9.17) is 4.74 Å². The van der Waals surface area contributed by atoms with Crippen LogP contribution in [0.5, 0.6) is 0 Å². The molecule has 1 aliphatic rings. The highest BCUT2D eigenvalue weighted by molar-refractivity contribution is 9.10. The van der Waals surface area contributed by atoms with Crippen LogP contribution in [0.2, 0.25) is 0 Å². The predicted molar refractivity (Wildman–Crippen MR) is 114 cm³/mol. The largest absolute Gasteiger partial charge is 0.450 e. The van der Waals surface area contributed by atoms with Crippen molar-refractivity contribution >= 4 is 32.9 Å². The van der Waals surface area contributed by atoms with Gasteiger partial charge in [0.05, 0.1) is 13.2 Å². The Kier molecular flexibility index (Phi) is 7.22. The SMILES string of the molecule is CCCCCCCCn1c2c(c3cc(Br)ccc31)CN(C(=O)OCC)CC2. The van der Waals surface area contributed by atoms with Gasteiger partial charge in [-0.3, -0.25) is 0 Å². The molecule has 0 fully saturated rings. The summed E-state index contributed by atoms with van der Waals surface area (Å²) in [4.78, 5) is 14.0. The molecular formula is C22H31BrN2O2. The number of nitrogens with zero attached hydrogens (tertiary/aromatic N) is 2. The summed E-state index contributed by atoms with van der Waals surface area (Å²) in [5, 5.41) is 1.26. The standard InChI is InChI=1S/C22H31BrN2O2/c1-3-5-6-7-8-9-13-25-20-11-10-17(23)15-18(20)19-16-24(14-12-21(19)25)22(26)27-4-2/h10-11,15H,3-9,12-14,16H2,1-2H3. The number of carbonyl (C=O) groups excluding carboxylic acids is 1. The van der Waals surface area contributed by atoms with E-state index in [9.17, 15) is 4.79 Å². The lowest BCUT2D eigenvalue weighted by atomic mass is 10.0. The third-order valence-corrected chi connectivity index (χ3v) is 5.97. The van der Waals surface area contributed by atoms with E-state index in [-0.39, 0.29) is 6.09 Å². The summed E-state index contributed by atoms with van der Waals surface area (Å²) in [7, 11) is 0. The van der Waals surface area contributed by atoms with Gasteiger partial charge >= 0.3 is 6.09 Å². The zero-order valence-corrected chi connectivity index (χ0v) is 18.2. The summed E-state index contributed by atoms with van der Waals surface area (Å²) in [6.07, 6.45) is 8.53. The number of aromatic nitrogens is 1. The van der Waals surface area contributed by atoms with Crippen LogP contribution in [0.25, 0.3) is 10.9 Å². The van der Waals surface area contributed by atoms with Crippen molar-refractivity contribution in [2.75, 3.05) is 13.2 Å². The molecule has 0 spiro atoms. The number of hydrogen-bond donors (Lipinski definition) is 0. The molecular weight excluding hydrogens is 404 g/mol. The van der Waals surface area contributed by atoms with Gasteiger partial charge in [0.2, 0.25) is 0 Å². The fourth-order valence-electron chi connectivity index (χ4n) is 4.10. The molecule has 3 rings (SSSR count). The second kappa shape index (κ2) is 9.63. The van der Waals surface area contributed by atoms with Gasteiger partial charge in [0.1, 0.15) is 0 Å². The van der Waals surface area contributed by atoms with E-state index in [0.717, 1.165) is 24.0 Å². The molecule has 1 aliphatic heterocycles. The van der Waals surface area contributed by atoms with Crippen LogP contribution in [0.3, 0.4) is 0 Å². The highest BCUT2D eigenvalue weighted by atomic mass is 79.9. The second-order valence-electron chi connectivity index (χ2n) is 7.38. The van der Waals surface area contributed by atoms with Crippen LogP contribution in [-0.4, -0.2) is 28.7 Å².